The Morgan fingerprint density at radius 3 is 1.88 bits per heavy atom. The Morgan fingerprint density at radius 2 is 1.28 bits per heavy atom. The lowest BCUT2D eigenvalue weighted by Crippen LogP contribution is -2.29. The highest BCUT2D eigenvalue weighted by Gasteiger charge is 2.19. The number of hydrogen-bond donors (Lipinski definition) is 2. The lowest BCUT2D eigenvalue weighted by Gasteiger charge is -2.19. The Bertz CT molecular complexity index is 908. The molecule has 1 atom stereocenters. The molecule has 3 rings (SSSR count). The topological polar surface area (TPSA) is 66.4 Å². The first-order valence-corrected chi connectivity index (χ1v) is 9.43. The number of phenols is 1. The molecule has 25 heavy (non-hydrogen) atoms. The van der Waals surface area contributed by atoms with Gasteiger partial charge in [0.05, 0.1) is 4.90 Å². The van der Waals surface area contributed by atoms with Crippen molar-refractivity contribution in [3.05, 3.63) is 96.1 Å². The van der Waals surface area contributed by atoms with Gasteiger partial charge in [0, 0.05) is 12.5 Å². The summed E-state index contributed by atoms with van der Waals surface area (Å²) in [6.45, 7) is 0.228. The van der Waals surface area contributed by atoms with Gasteiger partial charge in [-0.1, -0.05) is 60.7 Å². The maximum Gasteiger partial charge on any atom is 0.240 e. The quantitative estimate of drug-likeness (QED) is 0.713. The van der Waals surface area contributed by atoms with Crippen LogP contribution in [-0.2, 0) is 10.0 Å². The second kappa shape index (κ2) is 7.51. The molecule has 0 heterocycles. The third kappa shape index (κ3) is 4.26. The number of aromatic hydroxyl groups is 1. The van der Waals surface area contributed by atoms with Gasteiger partial charge in [0.15, 0.2) is 0 Å². The van der Waals surface area contributed by atoms with Crippen LogP contribution in [0.5, 0.6) is 5.75 Å². The SMILES string of the molecule is O=S(=O)(NCC(c1ccccc1)c1ccc(O)cc1)c1ccccc1. The third-order valence-electron chi connectivity index (χ3n) is 4.03. The van der Waals surface area contributed by atoms with E-state index in [1.165, 1.54) is 0 Å². The van der Waals surface area contributed by atoms with E-state index < -0.39 is 10.0 Å². The van der Waals surface area contributed by atoms with Crippen molar-refractivity contribution in [2.24, 2.45) is 0 Å². The van der Waals surface area contributed by atoms with Crippen molar-refractivity contribution in [2.45, 2.75) is 10.8 Å². The Kier molecular flexibility index (Phi) is 5.16. The Labute approximate surface area is 147 Å². The van der Waals surface area contributed by atoms with Crippen LogP contribution >= 0.6 is 0 Å². The fraction of sp³-hybridized carbons (Fsp3) is 0.100. The van der Waals surface area contributed by atoms with Crippen molar-refractivity contribution in [2.75, 3.05) is 6.54 Å². The van der Waals surface area contributed by atoms with Crippen LogP contribution in [0.3, 0.4) is 0 Å². The molecule has 2 N–H and O–H groups in total. The van der Waals surface area contributed by atoms with Gasteiger partial charge in [-0.05, 0) is 35.4 Å². The fourth-order valence-corrected chi connectivity index (χ4v) is 3.76. The van der Waals surface area contributed by atoms with Crippen LogP contribution < -0.4 is 4.72 Å². The van der Waals surface area contributed by atoms with Gasteiger partial charge >= 0.3 is 0 Å². The number of rotatable bonds is 6. The largest absolute Gasteiger partial charge is 0.508 e. The van der Waals surface area contributed by atoms with Crippen LogP contribution in [0.1, 0.15) is 17.0 Å². The van der Waals surface area contributed by atoms with Gasteiger partial charge in [0.25, 0.3) is 0 Å². The maximum absolute atomic E-state index is 12.5. The molecule has 0 fully saturated rings. The molecule has 0 bridgehead atoms. The van der Waals surface area contributed by atoms with Gasteiger partial charge < -0.3 is 5.11 Å². The Morgan fingerprint density at radius 1 is 0.760 bits per heavy atom. The van der Waals surface area contributed by atoms with E-state index in [0.717, 1.165) is 11.1 Å². The van der Waals surface area contributed by atoms with Crippen molar-refractivity contribution in [1.29, 1.82) is 0 Å². The van der Waals surface area contributed by atoms with Gasteiger partial charge in [-0.2, -0.15) is 0 Å². The highest BCUT2D eigenvalue weighted by Crippen LogP contribution is 2.26. The average Bonchev–Trinajstić information content (AvgIpc) is 2.65. The second-order valence-electron chi connectivity index (χ2n) is 5.72. The maximum atomic E-state index is 12.5. The van der Waals surface area contributed by atoms with Crippen LogP contribution in [-0.4, -0.2) is 20.1 Å². The lowest BCUT2D eigenvalue weighted by atomic mass is 9.91. The molecular weight excluding hydrogens is 334 g/mol. The lowest BCUT2D eigenvalue weighted by molar-refractivity contribution is 0.475. The summed E-state index contributed by atoms with van der Waals surface area (Å²) in [6.07, 6.45) is 0. The summed E-state index contributed by atoms with van der Waals surface area (Å²) < 4.78 is 27.7. The minimum Gasteiger partial charge on any atom is -0.508 e. The van der Waals surface area contributed by atoms with Crippen LogP contribution in [0.2, 0.25) is 0 Å². The molecule has 1 unspecified atom stereocenters. The molecule has 0 spiro atoms. The standard InChI is InChI=1S/C20H19NO3S/c22-18-13-11-17(12-14-18)20(16-7-3-1-4-8-16)15-21-25(23,24)19-9-5-2-6-10-19/h1-14,20-22H,15H2. The number of sulfonamides is 1. The third-order valence-corrected chi connectivity index (χ3v) is 5.47. The molecule has 5 heteroatoms. The van der Waals surface area contributed by atoms with Crippen molar-refractivity contribution in [3.63, 3.8) is 0 Å². The molecule has 0 saturated heterocycles. The minimum atomic E-state index is -3.58. The van der Waals surface area contributed by atoms with Crippen molar-refractivity contribution in [3.8, 4) is 5.75 Å². The zero-order chi connectivity index (χ0) is 17.7. The summed E-state index contributed by atoms with van der Waals surface area (Å²) in [5, 5.41) is 9.51. The molecule has 0 saturated carbocycles. The summed E-state index contributed by atoms with van der Waals surface area (Å²) in [7, 11) is -3.58. The minimum absolute atomic E-state index is 0.153. The highest BCUT2D eigenvalue weighted by molar-refractivity contribution is 7.89. The second-order valence-corrected chi connectivity index (χ2v) is 7.49. The average molecular weight is 353 g/mol. The molecule has 128 valence electrons. The van der Waals surface area contributed by atoms with E-state index in [1.807, 2.05) is 42.5 Å². The molecule has 0 aromatic heterocycles. The van der Waals surface area contributed by atoms with E-state index in [4.69, 9.17) is 0 Å². The van der Waals surface area contributed by atoms with E-state index in [1.54, 1.807) is 42.5 Å². The van der Waals surface area contributed by atoms with E-state index in [-0.39, 0.29) is 23.1 Å². The summed E-state index contributed by atoms with van der Waals surface area (Å²) in [5.41, 5.74) is 1.93. The number of benzene rings is 3. The Hall–Kier alpha value is -2.63. The van der Waals surface area contributed by atoms with Gasteiger partial charge in [0.2, 0.25) is 10.0 Å². The molecule has 0 aliphatic heterocycles. The van der Waals surface area contributed by atoms with E-state index in [2.05, 4.69) is 4.72 Å². The number of phenolic OH excluding ortho intramolecular Hbond substituents is 1. The van der Waals surface area contributed by atoms with Gasteiger partial charge in [-0.25, -0.2) is 13.1 Å². The smallest absolute Gasteiger partial charge is 0.240 e. The molecular formula is C20H19NO3S. The molecule has 3 aromatic rings. The fourth-order valence-electron chi connectivity index (χ4n) is 2.70. The molecule has 0 aliphatic rings. The van der Waals surface area contributed by atoms with E-state index in [9.17, 15) is 13.5 Å². The molecule has 0 aliphatic carbocycles. The first-order chi connectivity index (χ1) is 12.1. The first kappa shape index (κ1) is 17.2. The van der Waals surface area contributed by atoms with Crippen molar-refractivity contribution < 1.29 is 13.5 Å². The van der Waals surface area contributed by atoms with Crippen molar-refractivity contribution >= 4 is 10.0 Å². The zero-order valence-electron chi connectivity index (χ0n) is 13.5. The van der Waals surface area contributed by atoms with Crippen LogP contribution in [0.15, 0.2) is 89.8 Å². The molecule has 0 amide bonds. The summed E-state index contributed by atoms with van der Waals surface area (Å²) in [6, 6.07) is 24.9. The van der Waals surface area contributed by atoms with Gasteiger partial charge in [-0.3, -0.25) is 0 Å². The van der Waals surface area contributed by atoms with Crippen LogP contribution in [0.4, 0.5) is 0 Å². The van der Waals surface area contributed by atoms with E-state index in [0.29, 0.717) is 0 Å². The zero-order valence-corrected chi connectivity index (χ0v) is 14.4. The van der Waals surface area contributed by atoms with Crippen molar-refractivity contribution in [1.82, 2.24) is 4.72 Å². The monoisotopic (exact) mass is 353 g/mol. The number of nitrogens with one attached hydrogen (secondary N) is 1. The van der Waals surface area contributed by atoms with Crippen LogP contribution in [0.25, 0.3) is 0 Å². The first-order valence-electron chi connectivity index (χ1n) is 7.95. The van der Waals surface area contributed by atoms with Crippen LogP contribution in [0, 0.1) is 0 Å². The summed E-state index contributed by atoms with van der Waals surface area (Å²) in [4.78, 5) is 0.243. The predicted octanol–water partition coefficient (Wildman–Crippen LogP) is 3.50. The van der Waals surface area contributed by atoms with Gasteiger partial charge in [0.1, 0.15) is 5.75 Å². The van der Waals surface area contributed by atoms with Gasteiger partial charge in [-0.15, -0.1) is 0 Å². The number of hydrogen-bond acceptors (Lipinski definition) is 3. The molecule has 0 radical (unpaired) electrons. The normalized spacial score (nSPS) is 12.6. The Balaban J connectivity index is 1.87. The van der Waals surface area contributed by atoms with E-state index >= 15 is 0 Å². The molecule has 3 aromatic carbocycles. The predicted molar refractivity (Wildman–Crippen MR) is 98.0 cm³/mol. The summed E-state index contributed by atoms with van der Waals surface area (Å²) in [5.74, 6) is 0.0284. The summed E-state index contributed by atoms with van der Waals surface area (Å²) >= 11 is 0. The molecule has 4 nitrogen and oxygen atoms in total. The highest BCUT2D eigenvalue weighted by atomic mass is 32.2.